The van der Waals surface area contributed by atoms with Crippen molar-refractivity contribution in [2.45, 2.75) is 19.8 Å². The van der Waals surface area contributed by atoms with Gasteiger partial charge in [0, 0.05) is 23.8 Å². The predicted octanol–water partition coefficient (Wildman–Crippen LogP) is 2.34. The van der Waals surface area contributed by atoms with Gasteiger partial charge in [-0.25, -0.2) is 12.7 Å². The predicted molar refractivity (Wildman–Crippen MR) is 83.8 cm³/mol. The number of carbonyl (C=O) groups is 1. The third-order valence-corrected chi connectivity index (χ3v) is 5.69. The van der Waals surface area contributed by atoms with Crippen molar-refractivity contribution in [2.24, 2.45) is 5.92 Å². The maximum Gasteiger partial charge on any atom is 0.228 e. The molecule has 1 saturated heterocycles. The number of hydrogen-bond acceptors (Lipinski definition) is 3. The molecular weight excluding hydrogens is 312 g/mol. The first-order chi connectivity index (χ1) is 9.92. The van der Waals surface area contributed by atoms with E-state index in [1.165, 1.54) is 4.31 Å². The van der Waals surface area contributed by atoms with Crippen LogP contribution >= 0.6 is 11.6 Å². The van der Waals surface area contributed by atoms with Gasteiger partial charge in [-0.15, -0.1) is 0 Å². The topological polar surface area (TPSA) is 66.5 Å². The minimum atomic E-state index is -3.24. The van der Waals surface area contributed by atoms with Crippen LogP contribution in [0, 0.1) is 5.92 Å². The van der Waals surface area contributed by atoms with Gasteiger partial charge >= 0.3 is 0 Å². The molecular formula is C14H19ClN2O3S. The number of nitrogens with one attached hydrogen (secondary N) is 1. The molecule has 0 aliphatic carbocycles. The highest BCUT2D eigenvalue weighted by Crippen LogP contribution is 2.22. The number of anilines is 1. The number of amides is 1. The van der Waals surface area contributed by atoms with Crippen LogP contribution in [0.25, 0.3) is 0 Å². The smallest absolute Gasteiger partial charge is 0.228 e. The molecule has 7 heteroatoms. The fourth-order valence-electron chi connectivity index (χ4n) is 2.40. The molecule has 1 fully saturated rings. The van der Waals surface area contributed by atoms with Crippen LogP contribution in [-0.4, -0.2) is 37.5 Å². The molecule has 1 atom stereocenters. The van der Waals surface area contributed by atoms with Crippen LogP contribution in [-0.2, 0) is 14.8 Å². The van der Waals surface area contributed by atoms with E-state index in [1.807, 2.05) is 0 Å². The lowest BCUT2D eigenvalue weighted by Gasteiger charge is -2.30. The van der Waals surface area contributed by atoms with Gasteiger partial charge in [0.05, 0.1) is 11.7 Å². The summed E-state index contributed by atoms with van der Waals surface area (Å²) >= 11 is 5.88. The van der Waals surface area contributed by atoms with Gasteiger partial charge in [-0.2, -0.15) is 0 Å². The van der Waals surface area contributed by atoms with E-state index < -0.39 is 10.0 Å². The third kappa shape index (κ3) is 4.18. The Morgan fingerprint density at radius 2 is 2.24 bits per heavy atom. The molecule has 0 saturated carbocycles. The second kappa shape index (κ2) is 6.77. The van der Waals surface area contributed by atoms with Crippen molar-refractivity contribution in [2.75, 3.05) is 24.2 Å². The van der Waals surface area contributed by atoms with Crippen molar-refractivity contribution < 1.29 is 13.2 Å². The van der Waals surface area contributed by atoms with Crippen LogP contribution in [0.2, 0.25) is 5.02 Å². The van der Waals surface area contributed by atoms with Crippen molar-refractivity contribution >= 4 is 33.2 Å². The molecule has 1 N–H and O–H groups in total. The molecule has 1 amide bonds. The highest BCUT2D eigenvalue weighted by molar-refractivity contribution is 7.89. The van der Waals surface area contributed by atoms with E-state index in [1.54, 1.807) is 31.2 Å². The summed E-state index contributed by atoms with van der Waals surface area (Å²) in [5.74, 6) is -0.414. The number of carbonyl (C=O) groups excluding carboxylic acids is 1. The van der Waals surface area contributed by atoms with Crippen LogP contribution in [0.15, 0.2) is 24.3 Å². The average Bonchev–Trinajstić information content (AvgIpc) is 2.47. The quantitative estimate of drug-likeness (QED) is 0.921. The van der Waals surface area contributed by atoms with Gasteiger partial charge in [-0.1, -0.05) is 17.7 Å². The highest BCUT2D eigenvalue weighted by atomic mass is 35.5. The standard InChI is InChI=1S/C14H19ClN2O3S/c1-2-21(19,20)17-8-4-5-11(10-17)14(18)16-13-7-3-6-12(15)9-13/h3,6-7,9,11H,2,4-5,8,10H2,1H3,(H,16,18)/t11-/m0/s1. The molecule has 1 aromatic carbocycles. The number of sulfonamides is 1. The lowest BCUT2D eigenvalue weighted by molar-refractivity contribution is -0.120. The SMILES string of the molecule is CCS(=O)(=O)N1CCC[C@H](C(=O)Nc2cccc(Cl)c2)C1. The van der Waals surface area contributed by atoms with Gasteiger partial charge in [-0.05, 0) is 38.0 Å². The zero-order valence-corrected chi connectivity index (χ0v) is 13.5. The van der Waals surface area contributed by atoms with Crippen LogP contribution < -0.4 is 5.32 Å². The zero-order chi connectivity index (χ0) is 15.5. The fraction of sp³-hybridized carbons (Fsp3) is 0.500. The Bertz CT molecular complexity index is 618. The van der Waals surface area contributed by atoms with E-state index in [-0.39, 0.29) is 24.1 Å². The number of nitrogens with zero attached hydrogens (tertiary/aromatic N) is 1. The Balaban J connectivity index is 2.02. The maximum atomic E-state index is 12.3. The lowest BCUT2D eigenvalue weighted by Crippen LogP contribution is -2.44. The van der Waals surface area contributed by atoms with Gasteiger partial charge in [0.1, 0.15) is 0 Å². The highest BCUT2D eigenvalue weighted by Gasteiger charge is 2.31. The maximum absolute atomic E-state index is 12.3. The number of piperidine rings is 1. The Morgan fingerprint density at radius 3 is 2.90 bits per heavy atom. The molecule has 0 unspecified atom stereocenters. The van der Waals surface area contributed by atoms with Gasteiger partial charge < -0.3 is 5.32 Å². The van der Waals surface area contributed by atoms with E-state index in [4.69, 9.17) is 11.6 Å². The number of rotatable bonds is 4. The van der Waals surface area contributed by atoms with Crippen molar-refractivity contribution in [3.8, 4) is 0 Å². The molecule has 116 valence electrons. The molecule has 0 aromatic heterocycles. The monoisotopic (exact) mass is 330 g/mol. The molecule has 1 aliphatic rings. The normalized spacial score (nSPS) is 20.2. The van der Waals surface area contributed by atoms with Crippen molar-refractivity contribution in [3.05, 3.63) is 29.3 Å². The Hall–Kier alpha value is -1.11. The number of halogens is 1. The zero-order valence-electron chi connectivity index (χ0n) is 11.9. The second-order valence-corrected chi connectivity index (χ2v) is 7.79. The molecule has 0 spiro atoms. The van der Waals surface area contributed by atoms with Gasteiger partial charge in [-0.3, -0.25) is 4.79 Å². The van der Waals surface area contributed by atoms with E-state index in [0.717, 1.165) is 0 Å². The van der Waals surface area contributed by atoms with E-state index >= 15 is 0 Å². The van der Waals surface area contributed by atoms with Crippen molar-refractivity contribution in [3.63, 3.8) is 0 Å². The average molecular weight is 331 g/mol. The summed E-state index contributed by atoms with van der Waals surface area (Å²) in [6.45, 7) is 2.37. The van der Waals surface area contributed by atoms with Gasteiger partial charge in [0.2, 0.25) is 15.9 Å². The molecule has 0 bridgehead atoms. The summed E-state index contributed by atoms with van der Waals surface area (Å²) in [5, 5.41) is 3.35. The molecule has 1 aliphatic heterocycles. The molecule has 1 heterocycles. The third-order valence-electron chi connectivity index (χ3n) is 3.61. The van der Waals surface area contributed by atoms with E-state index in [0.29, 0.717) is 30.1 Å². The minimum absolute atomic E-state index is 0.0651. The van der Waals surface area contributed by atoms with Crippen LogP contribution in [0.1, 0.15) is 19.8 Å². The second-order valence-electron chi connectivity index (χ2n) is 5.10. The Labute approximate surface area is 130 Å². The van der Waals surface area contributed by atoms with Crippen LogP contribution in [0.3, 0.4) is 0 Å². The number of benzene rings is 1. The van der Waals surface area contributed by atoms with E-state index in [9.17, 15) is 13.2 Å². The van der Waals surface area contributed by atoms with Crippen molar-refractivity contribution in [1.82, 2.24) is 4.31 Å². The molecule has 0 radical (unpaired) electrons. The summed E-state index contributed by atoms with van der Waals surface area (Å²) in [6.07, 6.45) is 1.40. The molecule has 5 nitrogen and oxygen atoms in total. The van der Waals surface area contributed by atoms with Crippen LogP contribution in [0.4, 0.5) is 5.69 Å². The van der Waals surface area contributed by atoms with E-state index in [2.05, 4.69) is 5.32 Å². The number of hydrogen-bond donors (Lipinski definition) is 1. The van der Waals surface area contributed by atoms with Crippen LogP contribution in [0.5, 0.6) is 0 Å². The summed E-state index contributed by atoms with van der Waals surface area (Å²) in [5.41, 5.74) is 0.628. The first-order valence-corrected chi connectivity index (χ1v) is 8.95. The summed E-state index contributed by atoms with van der Waals surface area (Å²) in [4.78, 5) is 12.3. The van der Waals surface area contributed by atoms with Gasteiger partial charge in [0.15, 0.2) is 0 Å². The fourth-order valence-corrected chi connectivity index (χ4v) is 3.77. The minimum Gasteiger partial charge on any atom is -0.326 e. The molecule has 2 rings (SSSR count). The summed E-state index contributed by atoms with van der Waals surface area (Å²) in [7, 11) is -3.24. The largest absolute Gasteiger partial charge is 0.326 e. The first kappa shape index (κ1) is 16.3. The summed E-state index contributed by atoms with van der Waals surface area (Å²) in [6, 6.07) is 6.91. The lowest BCUT2D eigenvalue weighted by atomic mass is 9.99. The molecule has 1 aromatic rings. The van der Waals surface area contributed by atoms with Crippen molar-refractivity contribution in [1.29, 1.82) is 0 Å². The first-order valence-electron chi connectivity index (χ1n) is 6.96. The van der Waals surface area contributed by atoms with Gasteiger partial charge in [0.25, 0.3) is 0 Å². The Morgan fingerprint density at radius 1 is 1.48 bits per heavy atom. The summed E-state index contributed by atoms with van der Waals surface area (Å²) < 4.78 is 25.2. The molecule has 21 heavy (non-hydrogen) atoms. The Kier molecular flexibility index (Phi) is 5.24.